The molecule has 1 fully saturated rings. The van der Waals surface area contributed by atoms with Crippen molar-refractivity contribution in [3.63, 3.8) is 0 Å². The van der Waals surface area contributed by atoms with Crippen LogP contribution in [0.1, 0.15) is 25.8 Å². The Morgan fingerprint density at radius 1 is 1.20 bits per heavy atom. The predicted molar refractivity (Wildman–Crippen MR) is 69.4 cm³/mol. The third-order valence-corrected chi connectivity index (χ3v) is 3.61. The highest BCUT2D eigenvalue weighted by atomic mass is 19.1. The van der Waals surface area contributed by atoms with Crippen LogP contribution in [-0.4, -0.2) is 24.2 Å². The fraction of sp³-hybridized carbons (Fsp3) is 0.467. The Bertz CT molecular complexity index is 516. The predicted octanol–water partition coefficient (Wildman–Crippen LogP) is 2.41. The van der Waals surface area contributed by atoms with Gasteiger partial charge in [-0.3, -0.25) is 4.79 Å². The van der Waals surface area contributed by atoms with Gasteiger partial charge in [0, 0.05) is 6.42 Å². The molecular formula is C15H17FO4. The summed E-state index contributed by atoms with van der Waals surface area (Å²) in [6, 6.07) is 9.09. The number of rotatable bonds is 5. The van der Waals surface area contributed by atoms with Crippen LogP contribution in [0.4, 0.5) is 4.39 Å². The molecule has 0 aromatic heterocycles. The van der Waals surface area contributed by atoms with Gasteiger partial charge in [0.2, 0.25) is 5.67 Å². The normalized spacial score (nSPS) is 27.8. The second-order valence-electron chi connectivity index (χ2n) is 5.09. The number of ether oxygens (including phenoxy) is 2. The van der Waals surface area contributed by atoms with Crippen LogP contribution >= 0.6 is 0 Å². The number of hydrogen-bond acceptors (Lipinski definition) is 4. The van der Waals surface area contributed by atoms with E-state index in [9.17, 15) is 14.0 Å². The fourth-order valence-electron chi connectivity index (χ4n) is 2.10. The first-order valence-corrected chi connectivity index (χ1v) is 6.51. The maximum atomic E-state index is 14.3. The molecule has 20 heavy (non-hydrogen) atoms. The maximum absolute atomic E-state index is 14.3. The summed E-state index contributed by atoms with van der Waals surface area (Å²) >= 11 is 0. The van der Waals surface area contributed by atoms with E-state index in [0.717, 1.165) is 5.56 Å². The van der Waals surface area contributed by atoms with Crippen molar-refractivity contribution in [1.29, 1.82) is 0 Å². The third kappa shape index (κ3) is 2.40. The molecule has 0 bridgehead atoms. The Balaban J connectivity index is 1.95. The fourth-order valence-corrected chi connectivity index (χ4v) is 2.10. The molecule has 0 aliphatic heterocycles. The zero-order valence-electron chi connectivity index (χ0n) is 11.5. The number of esters is 2. The van der Waals surface area contributed by atoms with E-state index >= 15 is 0 Å². The van der Waals surface area contributed by atoms with E-state index in [1.54, 1.807) is 19.1 Å². The van der Waals surface area contributed by atoms with Gasteiger partial charge < -0.3 is 9.47 Å². The molecule has 0 amide bonds. The van der Waals surface area contributed by atoms with Crippen LogP contribution in [-0.2, 0) is 25.7 Å². The van der Waals surface area contributed by atoms with Crippen LogP contribution in [0.25, 0.3) is 0 Å². The average Bonchev–Trinajstić information content (AvgIpc) is 3.03. The summed E-state index contributed by atoms with van der Waals surface area (Å²) in [5, 5.41) is 0. The lowest BCUT2D eigenvalue weighted by molar-refractivity contribution is -0.161. The van der Waals surface area contributed by atoms with Gasteiger partial charge in [-0.1, -0.05) is 30.3 Å². The number of halogens is 1. The van der Waals surface area contributed by atoms with Crippen molar-refractivity contribution >= 4 is 11.9 Å². The molecule has 108 valence electrons. The van der Waals surface area contributed by atoms with Crippen molar-refractivity contribution < 1.29 is 23.5 Å². The van der Waals surface area contributed by atoms with Crippen molar-refractivity contribution in [2.45, 2.75) is 32.5 Å². The maximum Gasteiger partial charge on any atom is 0.345 e. The van der Waals surface area contributed by atoms with Gasteiger partial charge in [0.15, 0.2) is 0 Å². The Kier molecular flexibility index (Phi) is 3.79. The summed E-state index contributed by atoms with van der Waals surface area (Å²) in [7, 11) is 0. The summed E-state index contributed by atoms with van der Waals surface area (Å²) in [6.45, 7) is 3.12. The van der Waals surface area contributed by atoms with E-state index in [1.165, 1.54) is 6.92 Å². The molecule has 2 unspecified atom stereocenters. The summed E-state index contributed by atoms with van der Waals surface area (Å²) in [5.41, 5.74) is -2.88. The highest BCUT2D eigenvalue weighted by Crippen LogP contribution is 2.60. The van der Waals surface area contributed by atoms with Crippen molar-refractivity contribution in [2.75, 3.05) is 6.61 Å². The average molecular weight is 280 g/mol. The molecule has 4 nitrogen and oxygen atoms in total. The quantitative estimate of drug-likeness (QED) is 0.777. The van der Waals surface area contributed by atoms with Gasteiger partial charge in [-0.2, -0.15) is 0 Å². The second-order valence-corrected chi connectivity index (χ2v) is 5.09. The van der Waals surface area contributed by atoms with Gasteiger partial charge in [-0.05, 0) is 19.4 Å². The van der Waals surface area contributed by atoms with Crippen LogP contribution in [0.3, 0.4) is 0 Å². The summed E-state index contributed by atoms with van der Waals surface area (Å²) in [5.74, 6) is -1.70. The van der Waals surface area contributed by atoms with Crippen LogP contribution in [0.15, 0.2) is 30.3 Å². The topological polar surface area (TPSA) is 52.6 Å². The van der Waals surface area contributed by atoms with Crippen molar-refractivity contribution in [3.8, 4) is 0 Å². The lowest BCUT2D eigenvalue weighted by Crippen LogP contribution is -2.32. The molecule has 1 aromatic carbocycles. The third-order valence-electron chi connectivity index (χ3n) is 3.61. The van der Waals surface area contributed by atoms with Gasteiger partial charge in [0.1, 0.15) is 12.0 Å². The highest BCUT2D eigenvalue weighted by molar-refractivity contribution is 5.96. The summed E-state index contributed by atoms with van der Waals surface area (Å²) < 4.78 is 24.1. The smallest absolute Gasteiger partial charge is 0.345 e. The first kappa shape index (κ1) is 14.5. The molecule has 1 aliphatic rings. The van der Waals surface area contributed by atoms with E-state index in [-0.39, 0.29) is 19.6 Å². The van der Waals surface area contributed by atoms with Gasteiger partial charge in [0.25, 0.3) is 0 Å². The first-order chi connectivity index (χ1) is 9.44. The summed E-state index contributed by atoms with van der Waals surface area (Å²) in [6.07, 6.45) is -0.188. The van der Waals surface area contributed by atoms with Gasteiger partial charge in [-0.25, -0.2) is 9.18 Å². The molecular weight excluding hydrogens is 263 g/mol. The van der Waals surface area contributed by atoms with Gasteiger partial charge in [-0.15, -0.1) is 0 Å². The molecule has 0 heterocycles. The van der Waals surface area contributed by atoms with E-state index in [2.05, 4.69) is 4.74 Å². The zero-order valence-corrected chi connectivity index (χ0v) is 11.5. The largest absolute Gasteiger partial charge is 0.464 e. The number of hydrogen-bond donors (Lipinski definition) is 0. The number of benzene rings is 1. The molecule has 1 aromatic rings. The summed E-state index contributed by atoms with van der Waals surface area (Å²) in [4.78, 5) is 23.5. The Morgan fingerprint density at radius 3 is 2.45 bits per heavy atom. The van der Waals surface area contributed by atoms with Crippen LogP contribution in [0.5, 0.6) is 0 Å². The van der Waals surface area contributed by atoms with Crippen LogP contribution in [0, 0.1) is 5.41 Å². The van der Waals surface area contributed by atoms with Crippen LogP contribution < -0.4 is 0 Å². The van der Waals surface area contributed by atoms with E-state index < -0.39 is 23.0 Å². The molecule has 1 aliphatic carbocycles. The number of carbonyl (C=O) groups excluding carboxylic acids is 2. The minimum Gasteiger partial charge on any atom is -0.464 e. The second kappa shape index (κ2) is 5.23. The minimum atomic E-state index is -2.25. The van der Waals surface area contributed by atoms with Crippen LogP contribution in [0.2, 0.25) is 0 Å². The molecule has 2 atom stereocenters. The van der Waals surface area contributed by atoms with Crippen molar-refractivity contribution in [1.82, 2.24) is 0 Å². The molecule has 5 heteroatoms. The van der Waals surface area contributed by atoms with Crippen molar-refractivity contribution in [3.05, 3.63) is 35.9 Å². The van der Waals surface area contributed by atoms with Gasteiger partial charge >= 0.3 is 11.9 Å². The van der Waals surface area contributed by atoms with E-state index in [0.29, 0.717) is 0 Å². The number of carbonyl (C=O) groups is 2. The molecule has 2 rings (SSSR count). The monoisotopic (exact) mass is 280 g/mol. The molecule has 0 radical (unpaired) electrons. The van der Waals surface area contributed by atoms with Crippen molar-refractivity contribution in [2.24, 2.45) is 5.41 Å². The Morgan fingerprint density at radius 2 is 1.85 bits per heavy atom. The highest BCUT2D eigenvalue weighted by Gasteiger charge is 2.77. The lowest BCUT2D eigenvalue weighted by Gasteiger charge is -2.14. The Hall–Kier alpha value is -1.91. The molecule has 0 saturated heterocycles. The van der Waals surface area contributed by atoms with E-state index in [1.807, 2.05) is 18.2 Å². The zero-order chi connectivity index (χ0) is 14.8. The van der Waals surface area contributed by atoms with E-state index in [4.69, 9.17) is 4.74 Å². The molecule has 0 spiro atoms. The van der Waals surface area contributed by atoms with Gasteiger partial charge in [0.05, 0.1) is 6.61 Å². The molecule has 0 N–H and O–H groups in total. The molecule has 1 saturated carbocycles. The SMILES string of the molecule is CCOC(=O)C1(F)CC1(C)C(=O)OCc1ccccc1. The minimum absolute atomic E-state index is 0.0637. The number of alkyl halides is 1. The lowest BCUT2D eigenvalue weighted by atomic mass is 10.1. The first-order valence-electron chi connectivity index (χ1n) is 6.51. The Labute approximate surface area is 116 Å². The standard InChI is InChI=1S/C15H17FO4/c1-3-19-13(18)15(16)10-14(15,2)12(17)20-9-11-7-5-4-6-8-11/h4-8H,3,9-10H2,1-2H3.